The van der Waals surface area contributed by atoms with E-state index in [4.69, 9.17) is 5.26 Å². The summed E-state index contributed by atoms with van der Waals surface area (Å²) in [6.07, 6.45) is 0. The summed E-state index contributed by atoms with van der Waals surface area (Å²) in [5.41, 5.74) is 0.195. The molecule has 0 aliphatic carbocycles. The van der Waals surface area contributed by atoms with Crippen molar-refractivity contribution < 1.29 is 0 Å². The zero-order valence-electron chi connectivity index (χ0n) is 6.18. The first-order valence-corrected chi connectivity index (χ1v) is 3.22. The average Bonchev–Trinajstić information content (AvgIpc) is 2.39. The lowest BCUT2D eigenvalue weighted by Gasteiger charge is -2.19. The molecule has 9 heavy (non-hydrogen) atoms. The van der Waals surface area contributed by atoms with Crippen molar-refractivity contribution in [2.75, 3.05) is 6.54 Å². The SMILES string of the molecule is CC(C)(C)N1C[C@@H]1C#N. The highest BCUT2D eigenvalue weighted by Gasteiger charge is 2.41. The molecule has 2 nitrogen and oxygen atoms in total. The van der Waals surface area contributed by atoms with Crippen LogP contribution in [-0.2, 0) is 0 Å². The van der Waals surface area contributed by atoms with Crippen molar-refractivity contribution in [2.45, 2.75) is 32.4 Å². The van der Waals surface area contributed by atoms with Crippen LogP contribution >= 0.6 is 0 Å². The highest BCUT2D eigenvalue weighted by atomic mass is 15.3. The van der Waals surface area contributed by atoms with Crippen LogP contribution < -0.4 is 0 Å². The molecule has 1 rings (SSSR count). The molecular formula is C7H12N2. The van der Waals surface area contributed by atoms with Gasteiger partial charge in [0.25, 0.3) is 0 Å². The summed E-state index contributed by atoms with van der Waals surface area (Å²) in [5, 5.41) is 8.45. The van der Waals surface area contributed by atoms with Gasteiger partial charge in [-0.25, -0.2) is 0 Å². The van der Waals surface area contributed by atoms with Crippen molar-refractivity contribution in [1.29, 1.82) is 5.26 Å². The maximum atomic E-state index is 8.45. The van der Waals surface area contributed by atoms with Crippen LogP contribution in [0.15, 0.2) is 0 Å². The first-order valence-electron chi connectivity index (χ1n) is 3.22. The van der Waals surface area contributed by atoms with E-state index in [-0.39, 0.29) is 11.6 Å². The summed E-state index contributed by atoms with van der Waals surface area (Å²) in [7, 11) is 0. The summed E-state index contributed by atoms with van der Waals surface area (Å²) in [6.45, 7) is 7.35. The highest BCUT2D eigenvalue weighted by molar-refractivity contribution is 5.09. The first kappa shape index (κ1) is 6.57. The van der Waals surface area contributed by atoms with Gasteiger partial charge >= 0.3 is 0 Å². The van der Waals surface area contributed by atoms with Crippen LogP contribution in [-0.4, -0.2) is 23.0 Å². The fraction of sp³-hybridized carbons (Fsp3) is 0.857. The molecule has 1 saturated heterocycles. The molecule has 0 amide bonds. The Morgan fingerprint density at radius 3 is 2.22 bits per heavy atom. The summed E-state index contributed by atoms with van der Waals surface area (Å²) in [4.78, 5) is 2.17. The molecule has 0 spiro atoms. The fourth-order valence-electron chi connectivity index (χ4n) is 0.991. The van der Waals surface area contributed by atoms with Crippen molar-refractivity contribution in [2.24, 2.45) is 0 Å². The van der Waals surface area contributed by atoms with Crippen molar-refractivity contribution in [3.05, 3.63) is 0 Å². The van der Waals surface area contributed by atoms with Crippen LogP contribution in [0.2, 0.25) is 0 Å². The average molecular weight is 124 g/mol. The molecule has 1 aliphatic rings. The normalized spacial score (nSPS) is 33.6. The zero-order chi connectivity index (χ0) is 7.07. The van der Waals surface area contributed by atoms with E-state index in [0.29, 0.717) is 0 Å². The van der Waals surface area contributed by atoms with Crippen molar-refractivity contribution in [3.63, 3.8) is 0 Å². The predicted octanol–water partition coefficient (Wildman–Crippen LogP) is 0.993. The van der Waals surface area contributed by atoms with E-state index in [2.05, 4.69) is 31.7 Å². The molecule has 0 bridgehead atoms. The van der Waals surface area contributed by atoms with Gasteiger partial charge in [0.2, 0.25) is 0 Å². The quantitative estimate of drug-likeness (QED) is 0.450. The lowest BCUT2D eigenvalue weighted by Crippen LogP contribution is -2.27. The van der Waals surface area contributed by atoms with Gasteiger partial charge in [-0.3, -0.25) is 4.90 Å². The van der Waals surface area contributed by atoms with Gasteiger partial charge < -0.3 is 0 Å². The van der Waals surface area contributed by atoms with Crippen LogP contribution in [0.4, 0.5) is 0 Å². The van der Waals surface area contributed by atoms with Gasteiger partial charge in [-0.2, -0.15) is 5.26 Å². The second-order valence-electron chi connectivity index (χ2n) is 3.47. The Hall–Kier alpha value is -0.550. The lowest BCUT2D eigenvalue weighted by molar-refractivity contribution is 0.298. The summed E-state index contributed by atoms with van der Waals surface area (Å²) < 4.78 is 0. The summed E-state index contributed by atoms with van der Waals surface area (Å²) in [6, 6.07) is 2.42. The zero-order valence-corrected chi connectivity index (χ0v) is 6.18. The Kier molecular flexibility index (Phi) is 1.25. The van der Waals surface area contributed by atoms with Crippen LogP contribution in [0.5, 0.6) is 0 Å². The molecule has 2 heteroatoms. The van der Waals surface area contributed by atoms with Crippen molar-refractivity contribution in [3.8, 4) is 6.07 Å². The molecular weight excluding hydrogens is 112 g/mol. The molecule has 0 radical (unpaired) electrons. The van der Waals surface area contributed by atoms with E-state index >= 15 is 0 Å². The van der Waals surface area contributed by atoms with Gasteiger partial charge in [-0.1, -0.05) is 0 Å². The van der Waals surface area contributed by atoms with Gasteiger partial charge in [0.1, 0.15) is 6.04 Å². The minimum atomic E-state index is 0.195. The summed E-state index contributed by atoms with van der Waals surface area (Å²) in [5.74, 6) is 0. The maximum Gasteiger partial charge on any atom is 0.111 e. The van der Waals surface area contributed by atoms with E-state index in [0.717, 1.165) is 6.54 Å². The molecule has 1 fully saturated rings. The minimum absolute atomic E-state index is 0.195. The van der Waals surface area contributed by atoms with E-state index in [1.54, 1.807) is 0 Å². The molecule has 0 N–H and O–H groups in total. The van der Waals surface area contributed by atoms with Gasteiger partial charge in [-0.15, -0.1) is 0 Å². The fourth-order valence-corrected chi connectivity index (χ4v) is 0.991. The number of nitriles is 1. The third-order valence-electron chi connectivity index (χ3n) is 1.62. The third-order valence-corrected chi connectivity index (χ3v) is 1.62. The van der Waals surface area contributed by atoms with Crippen LogP contribution in [0.3, 0.4) is 0 Å². The molecule has 2 atom stereocenters. The van der Waals surface area contributed by atoms with Gasteiger partial charge in [-0.05, 0) is 20.8 Å². The number of rotatable bonds is 0. The molecule has 0 aromatic rings. The molecule has 1 unspecified atom stereocenters. The van der Waals surface area contributed by atoms with Gasteiger partial charge in [0.05, 0.1) is 6.07 Å². The second-order valence-corrected chi connectivity index (χ2v) is 3.47. The molecule has 1 aliphatic heterocycles. The van der Waals surface area contributed by atoms with E-state index < -0.39 is 0 Å². The molecule has 0 aromatic heterocycles. The standard InChI is InChI=1S/C7H12N2/c1-7(2,3)9-5-6(9)4-8/h6H,5H2,1-3H3/t6-,9?/m0/s1. The van der Waals surface area contributed by atoms with Crippen molar-refractivity contribution >= 4 is 0 Å². The predicted molar refractivity (Wildman–Crippen MR) is 35.9 cm³/mol. The Balaban J connectivity index is 2.45. The van der Waals surface area contributed by atoms with Gasteiger partial charge in [0.15, 0.2) is 0 Å². The Morgan fingerprint density at radius 2 is 2.11 bits per heavy atom. The Bertz CT molecular complexity index is 149. The molecule has 0 aromatic carbocycles. The maximum absolute atomic E-state index is 8.45. The second kappa shape index (κ2) is 1.71. The molecule has 0 saturated carbocycles. The minimum Gasteiger partial charge on any atom is -0.279 e. The largest absolute Gasteiger partial charge is 0.279 e. The molecule has 50 valence electrons. The lowest BCUT2D eigenvalue weighted by atomic mass is 10.1. The van der Waals surface area contributed by atoms with Crippen LogP contribution in [0, 0.1) is 11.3 Å². The van der Waals surface area contributed by atoms with Crippen molar-refractivity contribution in [1.82, 2.24) is 4.90 Å². The van der Waals surface area contributed by atoms with E-state index in [1.165, 1.54) is 0 Å². The van der Waals surface area contributed by atoms with E-state index in [1.807, 2.05) is 0 Å². The van der Waals surface area contributed by atoms with Gasteiger partial charge in [0, 0.05) is 12.1 Å². The number of hydrogen-bond donors (Lipinski definition) is 0. The monoisotopic (exact) mass is 124 g/mol. The third kappa shape index (κ3) is 1.22. The smallest absolute Gasteiger partial charge is 0.111 e. The van der Waals surface area contributed by atoms with Crippen LogP contribution in [0.1, 0.15) is 20.8 Å². The Morgan fingerprint density at radius 1 is 1.56 bits per heavy atom. The number of hydrogen-bond acceptors (Lipinski definition) is 2. The molecule has 1 heterocycles. The van der Waals surface area contributed by atoms with E-state index in [9.17, 15) is 0 Å². The summed E-state index contributed by atoms with van der Waals surface area (Å²) >= 11 is 0. The topological polar surface area (TPSA) is 26.8 Å². The number of nitrogens with zero attached hydrogens (tertiary/aromatic N) is 2. The highest BCUT2D eigenvalue weighted by Crippen LogP contribution is 2.27. The first-order chi connectivity index (χ1) is 4.05. The Labute approximate surface area is 56.1 Å². The van der Waals surface area contributed by atoms with Crippen LogP contribution in [0.25, 0.3) is 0 Å².